The Hall–Kier alpha value is -0.670. The quantitative estimate of drug-likeness (QED) is 0.770. The van der Waals surface area contributed by atoms with Crippen molar-refractivity contribution in [2.45, 2.75) is 45.9 Å². The van der Waals surface area contributed by atoms with Gasteiger partial charge in [0.2, 0.25) is 0 Å². The molecule has 0 aliphatic heterocycles. The highest BCUT2D eigenvalue weighted by Gasteiger charge is 2.03. The molecule has 1 rings (SSSR count). The molecular formula is C15H25NOS. The second-order valence-electron chi connectivity index (χ2n) is 5.25. The summed E-state index contributed by atoms with van der Waals surface area (Å²) in [4.78, 5) is 0. The zero-order chi connectivity index (χ0) is 13.5. The number of aryl methyl sites for hydroxylation is 2. The molecule has 1 unspecified atom stereocenters. The molecule has 3 heteroatoms. The summed E-state index contributed by atoms with van der Waals surface area (Å²) in [5, 5.41) is 3.35. The van der Waals surface area contributed by atoms with Crippen molar-refractivity contribution in [3.8, 4) is 0 Å². The van der Waals surface area contributed by atoms with Crippen molar-refractivity contribution in [2.24, 2.45) is 0 Å². The average Bonchev–Trinajstić information content (AvgIpc) is 2.22. The summed E-state index contributed by atoms with van der Waals surface area (Å²) in [5.74, 6) is 1.47. The first-order valence-corrected chi connectivity index (χ1v) is 8.11. The monoisotopic (exact) mass is 267 g/mol. The Morgan fingerprint density at radius 2 is 1.78 bits per heavy atom. The summed E-state index contributed by atoms with van der Waals surface area (Å²) < 4.78 is 12.0. The normalized spacial score (nSPS) is 12.9. The zero-order valence-corrected chi connectivity index (χ0v) is 12.8. The van der Waals surface area contributed by atoms with Gasteiger partial charge in [0.05, 0.1) is 0 Å². The fourth-order valence-corrected chi connectivity index (χ4v) is 3.18. The summed E-state index contributed by atoms with van der Waals surface area (Å²) in [6.45, 7) is 9.40. The molecule has 0 fully saturated rings. The Morgan fingerprint density at radius 1 is 1.17 bits per heavy atom. The first-order chi connectivity index (χ1) is 8.47. The molecule has 1 aromatic rings. The van der Waals surface area contributed by atoms with Gasteiger partial charge in [-0.25, -0.2) is 0 Å². The van der Waals surface area contributed by atoms with Crippen molar-refractivity contribution < 1.29 is 4.21 Å². The van der Waals surface area contributed by atoms with E-state index in [4.69, 9.17) is 0 Å². The number of hydrogen-bond donors (Lipinski definition) is 1. The smallest absolute Gasteiger partial charge is 0.0485 e. The average molecular weight is 267 g/mol. The summed E-state index contributed by atoms with van der Waals surface area (Å²) in [6.07, 6.45) is 0.982. The lowest BCUT2D eigenvalue weighted by atomic mass is 10.1. The van der Waals surface area contributed by atoms with Crippen LogP contribution in [-0.4, -0.2) is 22.5 Å². The Bertz CT molecular complexity index is 381. The minimum atomic E-state index is -0.742. The predicted molar refractivity (Wildman–Crippen MR) is 80.4 cm³/mol. The Balaban J connectivity index is 2.35. The van der Waals surface area contributed by atoms with Crippen molar-refractivity contribution in [2.75, 3.05) is 12.3 Å². The lowest BCUT2D eigenvalue weighted by Crippen LogP contribution is -2.24. The molecule has 0 aliphatic rings. The van der Waals surface area contributed by atoms with Crippen LogP contribution in [0.25, 0.3) is 0 Å². The highest BCUT2D eigenvalue weighted by atomic mass is 32.2. The summed E-state index contributed by atoms with van der Waals surface area (Å²) in [5.41, 5.74) is 3.70. The van der Waals surface area contributed by atoms with E-state index in [1.165, 1.54) is 16.7 Å². The maximum atomic E-state index is 12.0. The minimum absolute atomic E-state index is 0.512. The lowest BCUT2D eigenvalue weighted by Gasteiger charge is -2.08. The van der Waals surface area contributed by atoms with E-state index >= 15 is 0 Å². The Morgan fingerprint density at radius 3 is 2.33 bits per heavy atom. The highest BCUT2D eigenvalue weighted by Crippen LogP contribution is 2.11. The first kappa shape index (κ1) is 15.4. The molecule has 0 bridgehead atoms. The SMILES string of the molecule is Cc1cc(C)cc(CS(=O)CCCNC(C)C)c1. The van der Waals surface area contributed by atoms with E-state index in [1.807, 2.05) is 0 Å². The van der Waals surface area contributed by atoms with Gasteiger partial charge in [0.25, 0.3) is 0 Å². The van der Waals surface area contributed by atoms with E-state index < -0.39 is 10.8 Å². The third-order valence-corrected chi connectivity index (χ3v) is 4.11. The van der Waals surface area contributed by atoms with Gasteiger partial charge in [0.1, 0.15) is 0 Å². The van der Waals surface area contributed by atoms with E-state index in [2.05, 4.69) is 51.2 Å². The molecule has 0 saturated carbocycles. The van der Waals surface area contributed by atoms with Crippen LogP contribution in [0.1, 0.15) is 37.0 Å². The molecule has 0 spiro atoms. The van der Waals surface area contributed by atoms with Gasteiger partial charge < -0.3 is 5.32 Å². The molecule has 0 radical (unpaired) electrons. The van der Waals surface area contributed by atoms with Gasteiger partial charge >= 0.3 is 0 Å². The molecule has 0 amide bonds. The van der Waals surface area contributed by atoms with Crippen molar-refractivity contribution >= 4 is 10.8 Å². The van der Waals surface area contributed by atoms with E-state index in [1.54, 1.807) is 0 Å². The summed E-state index contributed by atoms with van der Waals surface area (Å²) in [6, 6.07) is 6.94. The standard InChI is InChI=1S/C15H25NOS/c1-12(2)16-6-5-7-18(17)11-15-9-13(3)8-14(4)10-15/h8-10,12,16H,5-7,11H2,1-4H3. The predicted octanol–water partition coefficient (Wildman–Crippen LogP) is 2.94. The fourth-order valence-electron chi connectivity index (χ4n) is 2.03. The van der Waals surface area contributed by atoms with Crippen LogP contribution in [-0.2, 0) is 16.6 Å². The van der Waals surface area contributed by atoms with Crippen molar-refractivity contribution in [1.29, 1.82) is 0 Å². The van der Waals surface area contributed by atoms with Crippen molar-refractivity contribution in [3.05, 3.63) is 34.9 Å². The molecule has 0 heterocycles. The van der Waals surface area contributed by atoms with E-state index in [9.17, 15) is 4.21 Å². The molecule has 1 atom stereocenters. The summed E-state index contributed by atoms with van der Waals surface area (Å²) in [7, 11) is -0.742. The van der Waals surface area contributed by atoms with Crippen LogP contribution >= 0.6 is 0 Å². The van der Waals surface area contributed by atoms with Crippen LogP contribution < -0.4 is 5.32 Å². The largest absolute Gasteiger partial charge is 0.315 e. The van der Waals surface area contributed by atoms with Gasteiger partial charge in [0, 0.05) is 28.3 Å². The number of hydrogen-bond acceptors (Lipinski definition) is 2. The minimum Gasteiger partial charge on any atom is -0.315 e. The third kappa shape index (κ3) is 6.31. The van der Waals surface area contributed by atoms with Crippen LogP contribution in [0.5, 0.6) is 0 Å². The number of benzene rings is 1. The van der Waals surface area contributed by atoms with E-state index in [-0.39, 0.29) is 0 Å². The maximum absolute atomic E-state index is 12.0. The van der Waals surface area contributed by atoms with Gasteiger partial charge in [-0.2, -0.15) is 0 Å². The van der Waals surface area contributed by atoms with Crippen LogP contribution in [0.4, 0.5) is 0 Å². The van der Waals surface area contributed by atoms with Crippen LogP contribution in [0.15, 0.2) is 18.2 Å². The molecule has 102 valence electrons. The molecule has 0 saturated heterocycles. The summed E-state index contributed by atoms with van der Waals surface area (Å²) >= 11 is 0. The molecule has 2 nitrogen and oxygen atoms in total. The highest BCUT2D eigenvalue weighted by molar-refractivity contribution is 7.84. The first-order valence-electron chi connectivity index (χ1n) is 6.63. The van der Waals surface area contributed by atoms with E-state index in [0.29, 0.717) is 11.8 Å². The maximum Gasteiger partial charge on any atom is 0.0485 e. The van der Waals surface area contributed by atoms with Gasteiger partial charge in [-0.3, -0.25) is 4.21 Å². The van der Waals surface area contributed by atoms with Gasteiger partial charge in [-0.05, 0) is 32.4 Å². The molecular weight excluding hydrogens is 242 g/mol. The van der Waals surface area contributed by atoms with Crippen molar-refractivity contribution in [1.82, 2.24) is 5.32 Å². The van der Waals surface area contributed by atoms with Gasteiger partial charge in [-0.15, -0.1) is 0 Å². The molecule has 1 aromatic carbocycles. The Kier molecular flexibility index (Phi) is 6.58. The number of nitrogens with one attached hydrogen (secondary N) is 1. The molecule has 1 N–H and O–H groups in total. The third-order valence-electron chi connectivity index (χ3n) is 2.71. The fraction of sp³-hybridized carbons (Fsp3) is 0.600. The zero-order valence-electron chi connectivity index (χ0n) is 12.0. The Labute approximate surface area is 114 Å². The lowest BCUT2D eigenvalue weighted by molar-refractivity contribution is 0.583. The van der Waals surface area contributed by atoms with Crippen LogP contribution in [0, 0.1) is 13.8 Å². The molecule has 0 aliphatic carbocycles. The van der Waals surface area contributed by atoms with Gasteiger partial charge in [0.15, 0.2) is 0 Å². The molecule has 18 heavy (non-hydrogen) atoms. The van der Waals surface area contributed by atoms with Gasteiger partial charge in [-0.1, -0.05) is 43.2 Å². The second kappa shape index (κ2) is 7.70. The van der Waals surface area contributed by atoms with Crippen molar-refractivity contribution in [3.63, 3.8) is 0 Å². The molecule has 0 aromatic heterocycles. The van der Waals surface area contributed by atoms with Crippen LogP contribution in [0.2, 0.25) is 0 Å². The van der Waals surface area contributed by atoms with E-state index in [0.717, 1.165) is 18.7 Å². The van der Waals surface area contributed by atoms with Crippen LogP contribution in [0.3, 0.4) is 0 Å². The topological polar surface area (TPSA) is 29.1 Å². The number of rotatable bonds is 7. The second-order valence-corrected chi connectivity index (χ2v) is 6.82.